The second-order valence-corrected chi connectivity index (χ2v) is 8.69. The number of sulfonamides is 1. The Bertz CT molecular complexity index is 1070. The molecule has 0 atom stereocenters. The molecule has 0 fully saturated rings. The fourth-order valence-electron chi connectivity index (χ4n) is 2.29. The number of halogens is 2. The Balaban J connectivity index is 1.56. The monoisotopic (exact) mass is 412 g/mol. The van der Waals surface area contributed by atoms with E-state index in [1.165, 1.54) is 35.6 Å². The fraction of sp³-hybridized carbons (Fsp3) is 0.118. The molecular formula is C17H14ClFN2O3S2. The molecule has 0 spiro atoms. The zero-order valence-electron chi connectivity index (χ0n) is 13.3. The van der Waals surface area contributed by atoms with Crippen LogP contribution in [0.3, 0.4) is 0 Å². The van der Waals surface area contributed by atoms with Gasteiger partial charge in [0.05, 0.1) is 9.77 Å². The van der Waals surface area contributed by atoms with E-state index in [2.05, 4.69) is 10.0 Å². The Morgan fingerprint density at radius 2 is 1.92 bits per heavy atom. The van der Waals surface area contributed by atoms with Crippen molar-refractivity contribution in [2.45, 2.75) is 4.90 Å². The largest absolute Gasteiger partial charge is 0.350 e. The number of carbonyl (C=O) groups is 1. The number of benzene rings is 2. The van der Waals surface area contributed by atoms with Crippen LogP contribution in [0.4, 0.5) is 4.39 Å². The SMILES string of the molecule is O=C(NCCNS(=O)(=O)c1cccc(Cl)c1)c1cc2cc(F)ccc2s1. The Morgan fingerprint density at radius 3 is 2.69 bits per heavy atom. The number of hydrogen-bond acceptors (Lipinski definition) is 4. The van der Waals surface area contributed by atoms with Crippen molar-refractivity contribution in [2.24, 2.45) is 0 Å². The highest BCUT2D eigenvalue weighted by molar-refractivity contribution is 7.89. The maximum atomic E-state index is 13.2. The predicted octanol–water partition coefficient (Wildman–Crippen LogP) is 3.40. The predicted molar refractivity (Wildman–Crippen MR) is 101 cm³/mol. The molecule has 1 aromatic heterocycles. The van der Waals surface area contributed by atoms with Crippen LogP contribution in [-0.4, -0.2) is 27.4 Å². The summed E-state index contributed by atoms with van der Waals surface area (Å²) in [5, 5.41) is 3.61. The molecule has 5 nitrogen and oxygen atoms in total. The lowest BCUT2D eigenvalue weighted by Crippen LogP contribution is -2.34. The summed E-state index contributed by atoms with van der Waals surface area (Å²) in [6, 6.07) is 11.8. The number of fused-ring (bicyclic) bond motifs is 1. The first-order valence-electron chi connectivity index (χ1n) is 7.58. The van der Waals surface area contributed by atoms with Gasteiger partial charge in [0.2, 0.25) is 10.0 Å². The first kappa shape index (κ1) is 18.8. The van der Waals surface area contributed by atoms with E-state index in [4.69, 9.17) is 11.6 Å². The molecule has 0 bridgehead atoms. The second-order valence-electron chi connectivity index (χ2n) is 5.40. The molecule has 0 radical (unpaired) electrons. The van der Waals surface area contributed by atoms with E-state index in [0.29, 0.717) is 15.3 Å². The molecule has 26 heavy (non-hydrogen) atoms. The Morgan fingerprint density at radius 1 is 1.12 bits per heavy atom. The zero-order valence-corrected chi connectivity index (χ0v) is 15.7. The van der Waals surface area contributed by atoms with E-state index in [0.717, 1.165) is 4.70 Å². The number of rotatable bonds is 6. The van der Waals surface area contributed by atoms with Gasteiger partial charge < -0.3 is 5.32 Å². The zero-order chi connectivity index (χ0) is 18.7. The summed E-state index contributed by atoms with van der Waals surface area (Å²) >= 11 is 7.04. The van der Waals surface area contributed by atoms with Crippen LogP contribution >= 0.6 is 22.9 Å². The highest BCUT2D eigenvalue weighted by Gasteiger charge is 2.14. The summed E-state index contributed by atoms with van der Waals surface area (Å²) in [6.45, 7) is 0.140. The van der Waals surface area contributed by atoms with Gasteiger partial charge in [-0.05, 0) is 47.9 Å². The maximum Gasteiger partial charge on any atom is 0.261 e. The highest BCUT2D eigenvalue weighted by Crippen LogP contribution is 2.26. The molecule has 1 amide bonds. The summed E-state index contributed by atoms with van der Waals surface area (Å²) in [6.07, 6.45) is 0. The molecule has 2 aromatic carbocycles. The maximum absolute atomic E-state index is 13.2. The molecule has 0 saturated carbocycles. The third-order valence-electron chi connectivity index (χ3n) is 3.51. The Labute approximate surface area is 158 Å². The normalized spacial score (nSPS) is 11.6. The molecule has 136 valence electrons. The lowest BCUT2D eigenvalue weighted by molar-refractivity contribution is 0.0958. The lowest BCUT2D eigenvalue weighted by atomic mass is 10.2. The minimum Gasteiger partial charge on any atom is -0.350 e. The van der Waals surface area contributed by atoms with Crippen LogP contribution in [0, 0.1) is 5.82 Å². The van der Waals surface area contributed by atoms with E-state index in [9.17, 15) is 17.6 Å². The standard InChI is InChI=1S/C17H14ClFN2O3S2/c18-12-2-1-3-14(10-12)26(23,24)21-7-6-20-17(22)16-9-11-8-13(19)4-5-15(11)25-16/h1-5,8-10,21H,6-7H2,(H,20,22). The van der Waals surface area contributed by atoms with Crippen molar-refractivity contribution < 1.29 is 17.6 Å². The Hall–Kier alpha value is -2.00. The van der Waals surface area contributed by atoms with Crippen LogP contribution in [0.5, 0.6) is 0 Å². The minimum atomic E-state index is -3.70. The molecule has 0 unspecified atom stereocenters. The summed E-state index contributed by atoms with van der Waals surface area (Å²) in [7, 11) is -3.70. The van der Waals surface area contributed by atoms with Crippen molar-refractivity contribution >= 4 is 49.0 Å². The number of carbonyl (C=O) groups excluding carboxylic acids is 1. The third-order valence-corrected chi connectivity index (χ3v) is 6.32. The van der Waals surface area contributed by atoms with Crippen molar-refractivity contribution in [3.8, 4) is 0 Å². The van der Waals surface area contributed by atoms with Gasteiger partial charge in [0.15, 0.2) is 0 Å². The molecular weight excluding hydrogens is 399 g/mol. The van der Waals surface area contributed by atoms with Crippen LogP contribution in [0.2, 0.25) is 5.02 Å². The molecule has 2 N–H and O–H groups in total. The molecule has 1 heterocycles. The molecule has 0 aliphatic rings. The third kappa shape index (κ3) is 4.39. The van der Waals surface area contributed by atoms with E-state index in [-0.39, 0.29) is 29.7 Å². The first-order chi connectivity index (χ1) is 12.3. The van der Waals surface area contributed by atoms with Crippen LogP contribution in [0.25, 0.3) is 10.1 Å². The molecule has 0 aliphatic carbocycles. The molecule has 3 rings (SSSR count). The average Bonchev–Trinajstić information content (AvgIpc) is 3.02. The van der Waals surface area contributed by atoms with Gasteiger partial charge in [0, 0.05) is 22.8 Å². The minimum absolute atomic E-state index is 0.0279. The average molecular weight is 413 g/mol. The van der Waals surface area contributed by atoms with Gasteiger partial charge in [-0.3, -0.25) is 4.79 Å². The topological polar surface area (TPSA) is 75.3 Å². The van der Waals surface area contributed by atoms with Crippen LogP contribution < -0.4 is 10.0 Å². The van der Waals surface area contributed by atoms with E-state index < -0.39 is 10.0 Å². The summed E-state index contributed by atoms with van der Waals surface area (Å²) < 4.78 is 40.7. The van der Waals surface area contributed by atoms with Crippen LogP contribution in [0.1, 0.15) is 9.67 Å². The smallest absolute Gasteiger partial charge is 0.261 e. The summed E-state index contributed by atoms with van der Waals surface area (Å²) in [4.78, 5) is 12.6. The van der Waals surface area contributed by atoms with Crippen molar-refractivity contribution in [3.05, 3.63) is 64.2 Å². The van der Waals surface area contributed by atoms with Gasteiger partial charge in [-0.25, -0.2) is 17.5 Å². The van der Waals surface area contributed by atoms with E-state index >= 15 is 0 Å². The van der Waals surface area contributed by atoms with Crippen molar-refractivity contribution in [2.75, 3.05) is 13.1 Å². The molecule has 3 aromatic rings. The molecule has 0 aliphatic heterocycles. The number of nitrogens with one attached hydrogen (secondary N) is 2. The van der Waals surface area contributed by atoms with Gasteiger partial charge >= 0.3 is 0 Å². The number of amides is 1. The van der Waals surface area contributed by atoms with E-state index in [1.807, 2.05) is 0 Å². The fourth-order valence-corrected chi connectivity index (χ4v) is 4.58. The van der Waals surface area contributed by atoms with Crippen molar-refractivity contribution in [1.82, 2.24) is 10.0 Å². The second kappa shape index (κ2) is 7.71. The molecule has 9 heteroatoms. The van der Waals surface area contributed by atoms with Crippen molar-refractivity contribution in [1.29, 1.82) is 0 Å². The van der Waals surface area contributed by atoms with Gasteiger partial charge in [-0.15, -0.1) is 11.3 Å². The Kier molecular flexibility index (Phi) is 5.57. The first-order valence-corrected chi connectivity index (χ1v) is 10.3. The number of thiophene rings is 1. The number of hydrogen-bond donors (Lipinski definition) is 2. The lowest BCUT2D eigenvalue weighted by Gasteiger charge is -2.07. The van der Waals surface area contributed by atoms with E-state index in [1.54, 1.807) is 24.3 Å². The van der Waals surface area contributed by atoms with Crippen molar-refractivity contribution in [3.63, 3.8) is 0 Å². The summed E-state index contributed by atoms with van der Waals surface area (Å²) in [5.74, 6) is -0.703. The highest BCUT2D eigenvalue weighted by atomic mass is 35.5. The van der Waals surface area contributed by atoms with Gasteiger partial charge in [-0.2, -0.15) is 0 Å². The quantitative estimate of drug-likeness (QED) is 0.609. The molecule has 0 saturated heterocycles. The summed E-state index contributed by atoms with van der Waals surface area (Å²) in [5.41, 5.74) is 0. The van der Waals surface area contributed by atoms with Crippen LogP contribution in [0.15, 0.2) is 53.4 Å². The van der Waals surface area contributed by atoms with Gasteiger partial charge in [0.25, 0.3) is 5.91 Å². The van der Waals surface area contributed by atoms with Crippen LogP contribution in [-0.2, 0) is 10.0 Å². The van der Waals surface area contributed by atoms with Gasteiger partial charge in [0.1, 0.15) is 5.82 Å². The van der Waals surface area contributed by atoms with Gasteiger partial charge in [-0.1, -0.05) is 17.7 Å².